The molecule has 0 atom stereocenters. The second kappa shape index (κ2) is 7.51. The SMILES string of the molecule is CCc1ccc(C(=O)N(NC(=O)c2ccc(C)cc2)C(C)(C)C)cc1. The lowest BCUT2D eigenvalue weighted by Crippen LogP contribution is -2.55. The number of rotatable bonds is 3. The maximum Gasteiger partial charge on any atom is 0.272 e. The fourth-order valence-electron chi connectivity index (χ4n) is 2.41. The summed E-state index contributed by atoms with van der Waals surface area (Å²) in [5.74, 6) is -0.524. The van der Waals surface area contributed by atoms with Crippen molar-refractivity contribution in [3.8, 4) is 0 Å². The van der Waals surface area contributed by atoms with Crippen molar-refractivity contribution in [1.29, 1.82) is 0 Å². The largest absolute Gasteiger partial charge is 0.272 e. The van der Waals surface area contributed by atoms with Gasteiger partial charge in [-0.15, -0.1) is 0 Å². The standard InChI is InChI=1S/C21H26N2O2/c1-6-16-9-13-18(14-10-16)20(25)23(21(3,4)5)22-19(24)17-11-7-15(2)8-12-17/h7-14H,6H2,1-5H3,(H,22,24). The number of hydrogen-bond donors (Lipinski definition) is 1. The molecule has 2 rings (SSSR count). The predicted octanol–water partition coefficient (Wildman–Crippen LogP) is 4.14. The van der Waals surface area contributed by atoms with Gasteiger partial charge in [0.1, 0.15) is 0 Å². The van der Waals surface area contributed by atoms with E-state index in [0.29, 0.717) is 11.1 Å². The molecule has 25 heavy (non-hydrogen) atoms. The molecule has 2 amide bonds. The van der Waals surface area contributed by atoms with Crippen LogP contribution in [0, 0.1) is 6.92 Å². The molecule has 2 aromatic carbocycles. The van der Waals surface area contributed by atoms with Gasteiger partial charge in [-0.3, -0.25) is 15.0 Å². The van der Waals surface area contributed by atoms with Crippen molar-refractivity contribution in [1.82, 2.24) is 10.4 Å². The van der Waals surface area contributed by atoms with E-state index in [9.17, 15) is 9.59 Å². The monoisotopic (exact) mass is 338 g/mol. The fourth-order valence-corrected chi connectivity index (χ4v) is 2.41. The van der Waals surface area contributed by atoms with Gasteiger partial charge < -0.3 is 0 Å². The first-order chi connectivity index (χ1) is 11.7. The van der Waals surface area contributed by atoms with Crippen LogP contribution in [0.1, 0.15) is 59.5 Å². The number of amides is 2. The molecule has 0 aliphatic heterocycles. The topological polar surface area (TPSA) is 49.4 Å². The van der Waals surface area contributed by atoms with Crippen molar-refractivity contribution < 1.29 is 9.59 Å². The van der Waals surface area contributed by atoms with Crippen LogP contribution < -0.4 is 5.43 Å². The Labute approximate surface area is 149 Å². The second-order valence-corrected chi connectivity index (χ2v) is 7.17. The minimum Gasteiger partial charge on any atom is -0.267 e. The van der Waals surface area contributed by atoms with Crippen LogP contribution in [-0.2, 0) is 6.42 Å². The number of carbonyl (C=O) groups excluding carboxylic acids is 2. The maximum absolute atomic E-state index is 12.9. The smallest absolute Gasteiger partial charge is 0.267 e. The first-order valence-electron chi connectivity index (χ1n) is 8.53. The molecule has 0 radical (unpaired) electrons. The van der Waals surface area contributed by atoms with E-state index in [0.717, 1.165) is 12.0 Å². The van der Waals surface area contributed by atoms with Crippen molar-refractivity contribution in [3.05, 3.63) is 70.8 Å². The van der Waals surface area contributed by atoms with Crippen molar-refractivity contribution in [3.63, 3.8) is 0 Å². The van der Waals surface area contributed by atoms with Crippen LogP contribution in [0.15, 0.2) is 48.5 Å². The predicted molar refractivity (Wildman–Crippen MR) is 100 cm³/mol. The molecular formula is C21H26N2O2. The highest BCUT2D eigenvalue weighted by Crippen LogP contribution is 2.17. The Bertz CT molecular complexity index is 741. The van der Waals surface area contributed by atoms with E-state index in [1.807, 2.05) is 52.0 Å². The number of hydrogen-bond acceptors (Lipinski definition) is 2. The number of benzene rings is 2. The first kappa shape index (κ1) is 18.7. The molecule has 4 nitrogen and oxygen atoms in total. The molecule has 0 aliphatic rings. The molecule has 132 valence electrons. The number of hydrazine groups is 1. The lowest BCUT2D eigenvalue weighted by atomic mass is 10.0. The summed E-state index contributed by atoms with van der Waals surface area (Å²) in [7, 11) is 0. The highest BCUT2D eigenvalue weighted by atomic mass is 16.2. The molecule has 0 saturated heterocycles. The third-order valence-electron chi connectivity index (χ3n) is 4.01. The van der Waals surface area contributed by atoms with Crippen LogP contribution in [0.2, 0.25) is 0 Å². The highest BCUT2D eigenvalue weighted by molar-refractivity contribution is 5.99. The molecule has 0 spiro atoms. The summed E-state index contributed by atoms with van der Waals surface area (Å²) < 4.78 is 0. The molecule has 1 N–H and O–H groups in total. The lowest BCUT2D eigenvalue weighted by molar-refractivity contribution is 0.0358. The van der Waals surface area contributed by atoms with Crippen molar-refractivity contribution in [2.75, 3.05) is 0 Å². The van der Waals surface area contributed by atoms with Gasteiger partial charge in [0.15, 0.2) is 0 Å². The summed E-state index contributed by atoms with van der Waals surface area (Å²) >= 11 is 0. The minimum atomic E-state index is -0.555. The third-order valence-corrected chi connectivity index (χ3v) is 4.01. The molecule has 2 aromatic rings. The number of nitrogens with one attached hydrogen (secondary N) is 1. The van der Waals surface area contributed by atoms with Gasteiger partial charge in [0.25, 0.3) is 11.8 Å². The fraction of sp³-hybridized carbons (Fsp3) is 0.333. The van der Waals surface area contributed by atoms with Gasteiger partial charge in [0.05, 0.1) is 5.54 Å². The molecule has 4 heteroatoms. The van der Waals surface area contributed by atoms with Gasteiger partial charge in [-0.05, 0) is 63.9 Å². The highest BCUT2D eigenvalue weighted by Gasteiger charge is 2.29. The summed E-state index contributed by atoms with van der Waals surface area (Å²) in [6.07, 6.45) is 0.918. The zero-order valence-electron chi connectivity index (χ0n) is 15.6. The van der Waals surface area contributed by atoms with E-state index >= 15 is 0 Å². The Morgan fingerprint density at radius 1 is 0.920 bits per heavy atom. The van der Waals surface area contributed by atoms with Crippen LogP contribution >= 0.6 is 0 Å². The lowest BCUT2D eigenvalue weighted by Gasteiger charge is -2.35. The van der Waals surface area contributed by atoms with Crippen LogP contribution in [0.4, 0.5) is 0 Å². The molecule has 0 aliphatic carbocycles. The molecule has 0 unspecified atom stereocenters. The third kappa shape index (κ3) is 4.69. The molecule has 0 heterocycles. The van der Waals surface area contributed by atoms with Crippen LogP contribution in [0.3, 0.4) is 0 Å². The normalized spacial score (nSPS) is 11.1. The van der Waals surface area contributed by atoms with Gasteiger partial charge in [0.2, 0.25) is 0 Å². The average molecular weight is 338 g/mol. The summed E-state index contributed by atoms with van der Waals surface area (Å²) in [6, 6.07) is 14.8. The molecule has 0 fully saturated rings. The van der Waals surface area contributed by atoms with E-state index in [1.54, 1.807) is 24.3 Å². The molecular weight excluding hydrogens is 312 g/mol. The van der Waals surface area contributed by atoms with Crippen LogP contribution in [0.5, 0.6) is 0 Å². The quantitative estimate of drug-likeness (QED) is 0.855. The van der Waals surface area contributed by atoms with Gasteiger partial charge >= 0.3 is 0 Å². The van der Waals surface area contributed by atoms with Crippen LogP contribution in [0.25, 0.3) is 0 Å². The maximum atomic E-state index is 12.9. The number of aryl methyl sites for hydroxylation is 2. The summed E-state index contributed by atoms with van der Waals surface area (Å²) in [6.45, 7) is 9.70. The Balaban J connectivity index is 2.24. The van der Waals surface area contributed by atoms with Gasteiger partial charge in [-0.2, -0.15) is 0 Å². The first-order valence-corrected chi connectivity index (χ1v) is 8.53. The van der Waals surface area contributed by atoms with Gasteiger partial charge in [0, 0.05) is 11.1 Å². The van der Waals surface area contributed by atoms with Crippen molar-refractivity contribution >= 4 is 11.8 Å². The summed E-state index contributed by atoms with van der Waals surface area (Å²) in [5.41, 5.74) is 5.53. The van der Waals surface area contributed by atoms with E-state index in [2.05, 4.69) is 12.3 Å². The second-order valence-electron chi connectivity index (χ2n) is 7.17. The van der Waals surface area contributed by atoms with E-state index in [1.165, 1.54) is 10.6 Å². The van der Waals surface area contributed by atoms with Gasteiger partial charge in [-0.25, -0.2) is 5.01 Å². The number of carbonyl (C=O) groups is 2. The van der Waals surface area contributed by atoms with Crippen molar-refractivity contribution in [2.24, 2.45) is 0 Å². The average Bonchev–Trinajstić information content (AvgIpc) is 2.58. The molecule has 0 aromatic heterocycles. The molecule has 0 saturated carbocycles. The van der Waals surface area contributed by atoms with E-state index < -0.39 is 5.54 Å². The zero-order chi connectivity index (χ0) is 18.6. The Morgan fingerprint density at radius 3 is 1.92 bits per heavy atom. The minimum absolute atomic E-state index is 0.226. The van der Waals surface area contributed by atoms with Crippen LogP contribution in [-0.4, -0.2) is 22.4 Å². The van der Waals surface area contributed by atoms with E-state index in [4.69, 9.17) is 0 Å². The van der Waals surface area contributed by atoms with E-state index in [-0.39, 0.29) is 11.8 Å². The summed E-state index contributed by atoms with van der Waals surface area (Å²) in [4.78, 5) is 25.5. The Morgan fingerprint density at radius 2 is 1.44 bits per heavy atom. The zero-order valence-corrected chi connectivity index (χ0v) is 15.6. The van der Waals surface area contributed by atoms with Crippen molar-refractivity contribution in [2.45, 2.75) is 46.6 Å². The molecule has 0 bridgehead atoms. The number of nitrogens with zero attached hydrogens (tertiary/aromatic N) is 1. The Hall–Kier alpha value is -2.62. The Kier molecular flexibility index (Phi) is 5.62. The summed E-state index contributed by atoms with van der Waals surface area (Å²) in [5, 5.41) is 1.40. The van der Waals surface area contributed by atoms with Gasteiger partial charge in [-0.1, -0.05) is 36.8 Å².